The van der Waals surface area contributed by atoms with E-state index >= 15 is 0 Å². The highest BCUT2D eigenvalue weighted by Crippen LogP contribution is 2.46. The van der Waals surface area contributed by atoms with Crippen LogP contribution in [-0.4, -0.2) is 8.07 Å². The Balaban J connectivity index is 1.69. The summed E-state index contributed by atoms with van der Waals surface area (Å²) in [4.78, 5) is 0. The fourth-order valence-electron chi connectivity index (χ4n) is 5.42. The third kappa shape index (κ3) is 2.47. The van der Waals surface area contributed by atoms with Gasteiger partial charge < -0.3 is 0 Å². The summed E-state index contributed by atoms with van der Waals surface area (Å²) in [5.41, 5.74) is 6.58. The maximum Gasteiger partial charge on any atom is 0.182 e. The summed E-state index contributed by atoms with van der Waals surface area (Å²) >= 11 is 0. The van der Waals surface area contributed by atoms with Crippen LogP contribution in [-0.2, 0) is 0 Å². The van der Waals surface area contributed by atoms with Crippen LogP contribution in [0, 0.1) is 0 Å². The van der Waals surface area contributed by atoms with Gasteiger partial charge in [0.25, 0.3) is 0 Å². The first-order chi connectivity index (χ1) is 15.3. The highest BCUT2D eigenvalue weighted by atomic mass is 28.3. The molecule has 6 rings (SSSR count). The lowest BCUT2D eigenvalue weighted by Gasteiger charge is -2.32. The van der Waals surface area contributed by atoms with Crippen LogP contribution in [0.5, 0.6) is 0 Å². The topological polar surface area (TPSA) is 0 Å². The lowest BCUT2D eigenvalue weighted by molar-refractivity contribution is 1.61. The maximum atomic E-state index is 3.92. The average Bonchev–Trinajstić information content (AvgIpc) is 3.38. The zero-order valence-electron chi connectivity index (χ0n) is 17.3. The fraction of sp³-hybridized carbons (Fsp3) is 0. The highest BCUT2D eigenvalue weighted by molar-refractivity contribution is 7.28. The van der Waals surface area contributed by atoms with Gasteiger partial charge in [-0.2, -0.15) is 0 Å². The smallest absolute Gasteiger partial charge is 0.0985 e. The Morgan fingerprint density at radius 3 is 1.55 bits per heavy atom. The Morgan fingerprint density at radius 2 is 1.00 bits per heavy atom. The van der Waals surface area contributed by atoms with Crippen LogP contribution in [0.25, 0.3) is 27.6 Å². The molecule has 0 bridgehead atoms. The second-order valence-electron chi connectivity index (χ2n) is 8.19. The van der Waals surface area contributed by atoms with E-state index in [2.05, 4.69) is 122 Å². The van der Waals surface area contributed by atoms with E-state index in [1.54, 1.807) is 0 Å². The molecule has 0 saturated heterocycles. The van der Waals surface area contributed by atoms with Crippen LogP contribution >= 0.6 is 0 Å². The van der Waals surface area contributed by atoms with Crippen LogP contribution < -0.4 is 10.4 Å². The van der Waals surface area contributed by atoms with Crippen molar-refractivity contribution in [2.45, 2.75) is 0 Å². The second kappa shape index (κ2) is 6.94. The Hall–Kier alpha value is -3.68. The maximum absolute atomic E-state index is 3.92. The Kier molecular flexibility index (Phi) is 4.05. The van der Waals surface area contributed by atoms with E-state index < -0.39 is 8.07 Å². The Labute approximate surface area is 184 Å². The van der Waals surface area contributed by atoms with Gasteiger partial charge in [0.2, 0.25) is 0 Å². The standard InChI is InChI=1S/C30H22Si/c1-2-22-16-18-24(19-17-22)28-21-20-27(23-10-4-3-5-11-23)31(28)29-14-8-6-12-25(29)26-13-7-9-15-30(26)31/h2-21H,1H2. The molecule has 0 atom stereocenters. The number of benzene rings is 4. The third-order valence-electron chi connectivity index (χ3n) is 6.72. The van der Waals surface area contributed by atoms with E-state index in [-0.39, 0.29) is 0 Å². The SMILES string of the molecule is C=Cc1ccc(C2=CC=C(c3ccccc3)[Si]23c2ccccc2-c2ccccc23)cc1. The molecule has 31 heavy (non-hydrogen) atoms. The van der Waals surface area contributed by atoms with Crippen molar-refractivity contribution in [2.75, 3.05) is 0 Å². The number of rotatable bonds is 3. The minimum Gasteiger partial charge on any atom is -0.0985 e. The van der Waals surface area contributed by atoms with E-state index in [1.807, 2.05) is 6.08 Å². The van der Waals surface area contributed by atoms with E-state index in [4.69, 9.17) is 0 Å². The largest absolute Gasteiger partial charge is 0.182 e. The van der Waals surface area contributed by atoms with E-state index in [9.17, 15) is 0 Å². The summed E-state index contributed by atoms with van der Waals surface area (Å²) in [6, 6.07) is 37.9. The summed E-state index contributed by atoms with van der Waals surface area (Å²) in [5, 5.41) is 5.96. The number of fused-ring (bicyclic) bond motifs is 5. The molecule has 0 nitrogen and oxygen atoms in total. The van der Waals surface area contributed by atoms with Crippen LogP contribution in [0.1, 0.15) is 16.7 Å². The van der Waals surface area contributed by atoms with Gasteiger partial charge in [-0.15, -0.1) is 0 Å². The minimum atomic E-state index is -2.38. The number of hydrogen-bond donors (Lipinski definition) is 0. The molecular weight excluding hydrogens is 388 g/mol. The molecule has 0 radical (unpaired) electrons. The molecule has 0 amide bonds. The molecule has 4 aromatic carbocycles. The molecule has 0 fully saturated rings. The predicted molar refractivity (Wildman–Crippen MR) is 136 cm³/mol. The lowest BCUT2D eigenvalue weighted by atomic mass is 10.1. The number of allylic oxidation sites excluding steroid dienone is 2. The minimum absolute atomic E-state index is 1.15. The molecule has 1 heteroatoms. The zero-order chi connectivity index (χ0) is 20.8. The first kappa shape index (κ1) is 18.1. The lowest BCUT2D eigenvalue weighted by Crippen LogP contribution is -2.56. The molecule has 2 heterocycles. The summed E-state index contributed by atoms with van der Waals surface area (Å²) in [6.45, 7) is 3.92. The quantitative estimate of drug-likeness (QED) is 0.356. The van der Waals surface area contributed by atoms with Crippen LogP contribution in [0.3, 0.4) is 0 Å². The summed E-state index contributed by atoms with van der Waals surface area (Å²) < 4.78 is 0. The molecule has 146 valence electrons. The second-order valence-corrected chi connectivity index (χ2v) is 11.8. The molecular formula is C30H22Si. The van der Waals surface area contributed by atoms with Gasteiger partial charge in [0.15, 0.2) is 8.07 Å². The summed E-state index contributed by atoms with van der Waals surface area (Å²) in [5.74, 6) is 0. The molecule has 4 aromatic rings. The van der Waals surface area contributed by atoms with Crippen LogP contribution in [0.15, 0.2) is 122 Å². The molecule has 0 unspecified atom stereocenters. The number of hydrogen-bond acceptors (Lipinski definition) is 0. The van der Waals surface area contributed by atoms with Gasteiger partial charge >= 0.3 is 0 Å². The van der Waals surface area contributed by atoms with Crippen molar-refractivity contribution in [3.05, 3.63) is 139 Å². The molecule has 1 spiro atoms. The fourth-order valence-corrected chi connectivity index (χ4v) is 11.0. The van der Waals surface area contributed by atoms with E-state index in [1.165, 1.54) is 43.0 Å². The van der Waals surface area contributed by atoms with Crippen molar-refractivity contribution >= 4 is 34.9 Å². The van der Waals surface area contributed by atoms with Gasteiger partial charge in [0.05, 0.1) is 0 Å². The van der Waals surface area contributed by atoms with Crippen molar-refractivity contribution in [3.63, 3.8) is 0 Å². The van der Waals surface area contributed by atoms with Crippen molar-refractivity contribution in [3.8, 4) is 11.1 Å². The monoisotopic (exact) mass is 410 g/mol. The Morgan fingerprint density at radius 1 is 0.516 bits per heavy atom. The highest BCUT2D eigenvalue weighted by Gasteiger charge is 2.53. The van der Waals surface area contributed by atoms with Gasteiger partial charge in [-0.05, 0) is 48.6 Å². The average molecular weight is 411 g/mol. The molecule has 0 aliphatic carbocycles. The molecule has 0 aromatic heterocycles. The van der Waals surface area contributed by atoms with E-state index in [0.29, 0.717) is 0 Å². The summed E-state index contributed by atoms with van der Waals surface area (Å²) in [7, 11) is -2.38. The summed E-state index contributed by atoms with van der Waals surface area (Å²) in [6.07, 6.45) is 6.68. The van der Waals surface area contributed by atoms with Gasteiger partial charge in [-0.3, -0.25) is 0 Å². The molecule has 2 aliphatic rings. The van der Waals surface area contributed by atoms with Gasteiger partial charge in [-0.25, -0.2) is 0 Å². The van der Waals surface area contributed by atoms with Gasteiger partial charge in [0.1, 0.15) is 0 Å². The van der Waals surface area contributed by atoms with Crippen LogP contribution in [0.2, 0.25) is 0 Å². The van der Waals surface area contributed by atoms with Crippen molar-refractivity contribution < 1.29 is 0 Å². The molecule has 2 aliphatic heterocycles. The van der Waals surface area contributed by atoms with Crippen LogP contribution in [0.4, 0.5) is 0 Å². The first-order valence-electron chi connectivity index (χ1n) is 10.7. The normalized spacial score (nSPS) is 15.2. The van der Waals surface area contributed by atoms with Crippen molar-refractivity contribution in [2.24, 2.45) is 0 Å². The molecule has 0 saturated carbocycles. The van der Waals surface area contributed by atoms with Gasteiger partial charge in [-0.1, -0.05) is 128 Å². The van der Waals surface area contributed by atoms with E-state index in [0.717, 1.165) is 5.56 Å². The first-order valence-corrected chi connectivity index (χ1v) is 12.7. The molecule has 0 N–H and O–H groups in total. The third-order valence-corrected chi connectivity index (χ3v) is 11.7. The predicted octanol–water partition coefficient (Wildman–Crippen LogP) is 6.13. The zero-order valence-corrected chi connectivity index (χ0v) is 18.3. The van der Waals surface area contributed by atoms with Crippen molar-refractivity contribution in [1.29, 1.82) is 0 Å². The Bertz CT molecular complexity index is 1330. The van der Waals surface area contributed by atoms with Gasteiger partial charge in [0, 0.05) is 0 Å². The van der Waals surface area contributed by atoms with Crippen molar-refractivity contribution in [1.82, 2.24) is 0 Å².